The lowest BCUT2D eigenvalue weighted by Gasteiger charge is -2.32. The van der Waals surface area contributed by atoms with Crippen molar-refractivity contribution >= 4 is 12.6 Å². The molecule has 24 heavy (non-hydrogen) atoms. The molecule has 0 aliphatic carbocycles. The molecule has 0 aromatic carbocycles. The van der Waals surface area contributed by atoms with Crippen LogP contribution in [0.25, 0.3) is 5.82 Å². The van der Waals surface area contributed by atoms with E-state index < -0.39 is 30.1 Å². The Hall–Kier alpha value is -1.80. The smallest absolute Gasteiger partial charge is 0.399 e. The molecule has 3 rings (SSSR count). The molecule has 8 heteroatoms. The fourth-order valence-electron chi connectivity index (χ4n) is 2.46. The SMILES string of the molecule is CC1(C)OB(c2cc(C(F)(F)F)cnc2-n2cccc2)OC1(C)C. The summed E-state index contributed by atoms with van der Waals surface area (Å²) < 4.78 is 52.8. The summed E-state index contributed by atoms with van der Waals surface area (Å²) in [6.07, 6.45) is -0.237. The molecule has 128 valence electrons. The van der Waals surface area contributed by atoms with E-state index in [9.17, 15) is 13.2 Å². The van der Waals surface area contributed by atoms with E-state index in [0.29, 0.717) is 5.82 Å². The molecular weight excluding hydrogens is 320 g/mol. The van der Waals surface area contributed by atoms with Gasteiger partial charge < -0.3 is 13.9 Å². The van der Waals surface area contributed by atoms with Crippen LogP contribution in [0.2, 0.25) is 0 Å². The van der Waals surface area contributed by atoms with Crippen molar-refractivity contribution in [1.82, 2.24) is 9.55 Å². The third kappa shape index (κ3) is 2.84. The summed E-state index contributed by atoms with van der Waals surface area (Å²) in [5.41, 5.74) is -1.89. The number of halogens is 3. The maximum atomic E-state index is 13.1. The van der Waals surface area contributed by atoms with Gasteiger partial charge in [-0.1, -0.05) is 0 Å². The Labute approximate surface area is 138 Å². The predicted molar refractivity (Wildman–Crippen MR) is 84.3 cm³/mol. The van der Waals surface area contributed by atoms with Gasteiger partial charge in [0.1, 0.15) is 5.82 Å². The number of hydrogen-bond acceptors (Lipinski definition) is 3. The van der Waals surface area contributed by atoms with Gasteiger partial charge in [0, 0.05) is 24.1 Å². The highest BCUT2D eigenvalue weighted by atomic mass is 19.4. The van der Waals surface area contributed by atoms with Crippen LogP contribution in [-0.4, -0.2) is 27.9 Å². The summed E-state index contributed by atoms with van der Waals surface area (Å²) in [7, 11) is -0.929. The molecule has 2 aromatic heterocycles. The first-order valence-corrected chi connectivity index (χ1v) is 7.57. The second-order valence-corrected chi connectivity index (χ2v) is 6.81. The Morgan fingerprint density at radius 3 is 2.08 bits per heavy atom. The molecule has 1 saturated heterocycles. The van der Waals surface area contributed by atoms with Gasteiger partial charge in [-0.05, 0) is 45.9 Å². The van der Waals surface area contributed by atoms with Crippen molar-refractivity contribution in [3.8, 4) is 5.82 Å². The van der Waals surface area contributed by atoms with Gasteiger partial charge in [-0.3, -0.25) is 0 Å². The molecule has 0 atom stereocenters. The Morgan fingerprint density at radius 1 is 1.04 bits per heavy atom. The minimum Gasteiger partial charge on any atom is -0.399 e. The van der Waals surface area contributed by atoms with Gasteiger partial charge in [-0.15, -0.1) is 0 Å². The van der Waals surface area contributed by atoms with E-state index in [2.05, 4.69) is 4.98 Å². The first-order valence-electron chi connectivity index (χ1n) is 7.57. The topological polar surface area (TPSA) is 36.3 Å². The largest absolute Gasteiger partial charge is 0.498 e. The second kappa shape index (κ2) is 5.36. The first kappa shape index (κ1) is 17.0. The van der Waals surface area contributed by atoms with Crippen LogP contribution in [0.3, 0.4) is 0 Å². The molecule has 3 heterocycles. The molecule has 0 saturated carbocycles. The van der Waals surface area contributed by atoms with Crippen LogP contribution in [0.15, 0.2) is 36.8 Å². The summed E-state index contributed by atoms with van der Waals surface area (Å²) in [5, 5.41) is 0. The Kier molecular flexibility index (Phi) is 3.80. The maximum Gasteiger partial charge on any atom is 0.498 e. The fraction of sp³-hybridized carbons (Fsp3) is 0.438. The van der Waals surface area contributed by atoms with E-state index in [1.54, 1.807) is 29.1 Å². The van der Waals surface area contributed by atoms with Crippen molar-refractivity contribution in [3.05, 3.63) is 42.4 Å². The van der Waals surface area contributed by atoms with Crippen LogP contribution in [0.5, 0.6) is 0 Å². The lowest BCUT2D eigenvalue weighted by molar-refractivity contribution is -0.137. The molecule has 2 aromatic rings. The maximum absolute atomic E-state index is 13.1. The van der Waals surface area contributed by atoms with E-state index >= 15 is 0 Å². The Balaban J connectivity index is 2.11. The van der Waals surface area contributed by atoms with E-state index in [-0.39, 0.29) is 5.46 Å². The molecule has 0 N–H and O–H groups in total. The molecule has 0 radical (unpaired) electrons. The zero-order valence-corrected chi connectivity index (χ0v) is 13.9. The zero-order chi connectivity index (χ0) is 17.8. The summed E-state index contributed by atoms with van der Waals surface area (Å²) in [6, 6.07) is 4.59. The quantitative estimate of drug-likeness (QED) is 0.789. The average Bonchev–Trinajstić information content (AvgIpc) is 3.04. The molecule has 1 aliphatic heterocycles. The van der Waals surface area contributed by atoms with Gasteiger partial charge >= 0.3 is 13.3 Å². The van der Waals surface area contributed by atoms with Gasteiger partial charge in [0.25, 0.3) is 0 Å². The van der Waals surface area contributed by atoms with Gasteiger partial charge in [0.2, 0.25) is 0 Å². The molecule has 4 nitrogen and oxygen atoms in total. The average molecular weight is 338 g/mol. The van der Waals surface area contributed by atoms with Gasteiger partial charge in [-0.25, -0.2) is 4.98 Å². The van der Waals surface area contributed by atoms with Crippen molar-refractivity contribution < 1.29 is 22.5 Å². The number of rotatable bonds is 2. The summed E-state index contributed by atoms with van der Waals surface area (Å²) in [6.45, 7) is 7.40. The van der Waals surface area contributed by atoms with Crippen LogP contribution in [0.4, 0.5) is 13.2 Å². The third-order valence-corrected chi connectivity index (χ3v) is 4.58. The zero-order valence-electron chi connectivity index (χ0n) is 13.9. The van der Waals surface area contributed by atoms with Crippen LogP contribution < -0.4 is 5.46 Å². The van der Waals surface area contributed by atoms with Gasteiger partial charge in [0.15, 0.2) is 0 Å². The minimum atomic E-state index is -4.49. The lowest BCUT2D eigenvalue weighted by atomic mass is 9.78. The van der Waals surface area contributed by atoms with Crippen LogP contribution in [0.1, 0.15) is 33.3 Å². The van der Waals surface area contributed by atoms with Crippen LogP contribution in [-0.2, 0) is 15.5 Å². The van der Waals surface area contributed by atoms with E-state index in [4.69, 9.17) is 9.31 Å². The van der Waals surface area contributed by atoms with Crippen molar-refractivity contribution in [3.63, 3.8) is 0 Å². The highest BCUT2D eigenvalue weighted by molar-refractivity contribution is 6.63. The minimum absolute atomic E-state index is 0.250. The summed E-state index contributed by atoms with van der Waals surface area (Å²) >= 11 is 0. The number of alkyl halides is 3. The normalized spacial score (nSPS) is 19.7. The monoisotopic (exact) mass is 338 g/mol. The van der Waals surface area contributed by atoms with E-state index in [1.807, 2.05) is 27.7 Å². The molecule has 0 bridgehead atoms. The molecule has 0 unspecified atom stereocenters. The van der Waals surface area contributed by atoms with Crippen LogP contribution in [0, 0.1) is 0 Å². The summed E-state index contributed by atoms with van der Waals surface area (Å²) in [5.74, 6) is 0.353. The molecule has 1 fully saturated rings. The Bertz CT molecular complexity index is 726. The fourth-order valence-corrected chi connectivity index (χ4v) is 2.46. The van der Waals surface area contributed by atoms with Crippen molar-refractivity contribution in [2.75, 3.05) is 0 Å². The van der Waals surface area contributed by atoms with Crippen molar-refractivity contribution in [2.45, 2.75) is 45.1 Å². The predicted octanol–water partition coefficient (Wildman–Crippen LogP) is 3.19. The number of pyridine rings is 1. The highest BCUT2D eigenvalue weighted by Gasteiger charge is 2.53. The second-order valence-electron chi connectivity index (χ2n) is 6.81. The standard InChI is InChI=1S/C16H18BF3N2O2/c1-14(2)15(3,4)24-17(23-14)12-9-11(16(18,19)20)10-21-13(12)22-7-5-6-8-22/h5-10H,1-4H3. The van der Waals surface area contributed by atoms with Gasteiger partial charge in [-0.2, -0.15) is 13.2 Å². The van der Waals surface area contributed by atoms with Crippen molar-refractivity contribution in [1.29, 1.82) is 0 Å². The highest BCUT2D eigenvalue weighted by Crippen LogP contribution is 2.37. The molecular formula is C16H18BF3N2O2. The Morgan fingerprint density at radius 2 is 1.58 bits per heavy atom. The first-order chi connectivity index (χ1) is 11.0. The number of hydrogen-bond donors (Lipinski definition) is 0. The molecule has 0 spiro atoms. The number of aromatic nitrogens is 2. The van der Waals surface area contributed by atoms with Gasteiger partial charge in [0.05, 0.1) is 16.8 Å². The number of nitrogens with zero attached hydrogens (tertiary/aromatic N) is 2. The molecule has 1 aliphatic rings. The van der Waals surface area contributed by atoms with Crippen LogP contribution >= 0.6 is 0 Å². The molecule has 0 amide bonds. The lowest BCUT2D eigenvalue weighted by Crippen LogP contribution is -2.41. The third-order valence-electron chi connectivity index (χ3n) is 4.58. The summed E-state index contributed by atoms with van der Waals surface area (Å²) in [4.78, 5) is 4.01. The van der Waals surface area contributed by atoms with E-state index in [0.717, 1.165) is 12.3 Å². The van der Waals surface area contributed by atoms with E-state index in [1.165, 1.54) is 0 Å². The van der Waals surface area contributed by atoms with Crippen molar-refractivity contribution in [2.24, 2.45) is 0 Å².